The summed E-state index contributed by atoms with van der Waals surface area (Å²) < 4.78 is 20.0. The largest absolute Gasteiger partial charge is 0.452 e. The lowest BCUT2D eigenvalue weighted by Crippen LogP contribution is -2.30. The number of rotatable bonds is 7. The van der Waals surface area contributed by atoms with Gasteiger partial charge >= 0.3 is 5.97 Å². The highest BCUT2D eigenvalue weighted by molar-refractivity contribution is 5.89. The molecule has 0 saturated carbocycles. The van der Waals surface area contributed by atoms with Crippen LogP contribution in [0.3, 0.4) is 0 Å². The smallest absolute Gasteiger partial charge is 0.331 e. The first kappa shape index (κ1) is 22.9. The lowest BCUT2D eigenvalue weighted by atomic mass is 10.1. The second-order valence-corrected chi connectivity index (χ2v) is 7.59. The van der Waals surface area contributed by atoms with Crippen molar-refractivity contribution in [3.63, 3.8) is 0 Å². The molecule has 32 heavy (non-hydrogen) atoms. The number of esters is 1. The minimum absolute atomic E-state index is 0.286. The lowest BCUT2D eigenvalue weighted by Gasteiger charge is -2.18. The fourth-order valence-electron chi connectivity index (χ4n) is 3.30. The van der Waals surface area contributed by atoms with Crippen LogP contribution < -0.4 is 0 Å². The zero-order valence-corrected chi connectivity index (χ0v) is 18.6. The summed E-state index contributed by atoms with van der Waals surface area (Å²) in [5.41, 5.74) is 5.13. The molecule has 3 aromatic rings. The number of amides is 1. The number of nitrogens with zero attached hydrogens (tertiary/aromatic N) is 3. The summed E-state index contributed by atoms with van der Waals surface area (Å²) in [5, 5.41) is 4.46. The summed E-state index contributed by atoms with van der Waals surface area (Å²) in [6.07, 6.45) is 2.89. The molecule has 0 spiro atoms. The zero-order valence-electron chi connectivity index (χ0n) is 18.6. The first-order valence-corrected chi connectivity index (χ1v) is 10.2. The Morgan fingerprint density at radius 2 is 1.78 bits per heavy atom. The van der Waals surface area contributed by atoms with Crippen molar-refractivity contribution >= 4 is 18.0 Å². The summed E-state index contributed by atoms with van der Waals surface area (Å²) >= 11 is 0. The third kappa shape index (κ3) is 5.49. The average Bonchev–Trinajstić information content (AvgIpc) is 3.06. The first-order valence-electron chi connectivity index (χ1n) is 10.2. The van der Waals surface area contributed by atoms with Crippen molar-refractivity contribution in [2.75, 3.05) is 13.7 Å². The second-order valence-electron chi connectivity index (χ2n) is 7.59. The Kier molecular flexibility index (Phi) is 7.20. The van der Waals surface area contributed by atoms with Crippen LogP contribution in [0.15, 0.2) is 54.6 Å². The van der Waals surface area contributed by atoms with E-state index >= 15 is 0 Å². The summed E-state index contributed by atoms with van der Waals surface area (Å²) in [6, 6.07) is 13.8. The molecule has 0 radical (unpaired) electrons. The van der Waals surface area contributed by atoms with Crippen LogP contribution in [0.25, 0.3) is 11.8 Å². The first-order chi connectivity index (χ1) is 15.3. The predicted molar refractivity (Wildman–Crippen MR) is 121 cm³/mol. The molecule has 7 heteroatoms. The molecule has 0 bridgehead atoms. The van der Waals surface area contributed by atoms with E-state index < -0.39 is 5.97 Å². The molecule has 166 valence electrons. The molecule has 1 aromatic heterocycles. The molecule has 0 unspecified atom stereocenters. The number of hydrogen-bond donors (Lipinski definition) is 0. The SMILES string of the molecule is Cc1ccccc1CN(C)C(=O)COC(=O)/C=C/c1c(C)nn(-c2ccc(F)cc2)c1C. The van der Waals surface area contributed by atoms with Crippen LogP contribution >= 0.6 is 0 Å². The van der Waals surface area contributed by atoms with Crippen LogP contribution in [-0.4, -0.2) is 40.2 Å². The minimum Gasteiger partial charge on any atom is -0.452 e. The van der Waals surface area contributed by atoms with Crippen LogP contribution in [0.1, 0.15) is 28.1 Å². The Hall–Kier alpha value is -3.74. The van der Waals surface area contributed by atoms with Crippen LogP contribution in [0.4, 0.5) is 4.39 Å². The third-order valence-electron chi connectivity index (χ3n) is 5.24. The number of likely N-dealkylation sites (N-methyl/N-ethyl adjacent to an activating group) is 1. The van der Waals surface area contributed by atoms with E-state index in [1.165, 1.54) is 23.1 Å². The van der Waals surface area contributed by atoms with Gasteiger partial charge < -0.3 is 9.64 Å². The zero-order chi connectivity index (χ0) is 23.3. The van der Waals surface area contributed by atoms with E-state index in [4.69, 9.17) is 4.74 Å². The van der Waals surface area contributed by atoms with E-state index in [2.05, 4.69) is 5.10 Å². The molecule has 2 aromatic carbocycles. The number of aromatic nitrogens is 2. The predicted octanol–water partition coefficient (Wildman–Crippen LogP) is 4.15. The Morgan fingerprint density at radius 1 is 1.09 bits per heavy atom. The molecule has 0 fully saturated rings. The molecule has 0 aliphatic rings. The second kappa shape index (κ2) is 10.0. The van der Waals surface area contributed by atoms with Crippen LogP contribution in [0.2, 0.25) is 0 Å². The van der Waals surface area contributed by atoms with Gasteiger partial charge in [0.15, 0.2) is 6.61 Å². The van der Waals surface area contributed by atoms with Crippen molar-refractivity contribution in [2.24, 2.45) is 0 Å². The fourth-order valence-corrected chi connectivity index (χ4v) is 3.30. The highest BCUT2D eigenvalue weighted by atomic mass is 19.1. The number of carbonyl (C=O) groups excluding carboxylic acids is 2. The number of aryl methyl sites for hydroxylation is 2. The average molecular weight is 435 g/mol. The fraction of sp³-hybridized carbons (Fsp3) is 0.240. The molecule has 0 aliphatic carbocycles. The van der Waals surface area contributed by atoms with Gasteiger partial charge in [-0.2, -0.15) is 5.10 Å². The van der Waals surface area contributed by atoms with E-state index in [9.17, 15) is 14.0 Å². The molecule has 3 rings (SSSR count). The maximum atomic E-state index is 13.2. The molecule has 0 saturated heterocycles. The van der Waals surface area contributed by atoms with Gasteiger partial charge in [-0.15, -0.1) is 0 Å². The van der Waals surface area contributed by atoms with Crippen molar-refractivity contribution in [1.82, 2.24) is 14.7 Å². The van der Waals surface area contributed by atoms with Gasteiger partial charge in [-0.05, 0) is 62.2 Å². The van der Waals surface area contributed by atoms with E-state index in [1.54, 1.807) is 29.9 Å². The van der Waals surface area contributed by atoms with Crippen molar-refractivity contribution < 1.29 is 18.7 Å². The molecular formula is C25H26FN3O3. The van der Waals surface area contributed by atoms with Crippen molar-refractivity contribution in [3.05, 3.63) is 88.5 Å². The topological polar surface area (TPSA) is 64.4 Å². The highest BCUT2D eigenvalue weighted by Crippen LogP contribution is 2.19. The summed E-state index contributed by atoms with van der Waals surface area (Å²) in [4.78, 5) is 26.0. The van der Waals surface area contributed by atoms with E-state index in [1.807, 2.05) is 45.0 Å². The number of halogens is 1. The minimum atomic E-state index is -0.615. The number of hydrogen-bond acceptors (Lipinski definition) is 4. The highest BCUT2D eigenvalue weighted by Gasteiger charge is 2.14. The maximum Gasteiger partial charge on any atom is 0.331 e. The van der Waals surface area contributed by atoms with Gasteiger partial charge in [-0.1, -0.05) is 24.3 Å². The summed E-state index contributed by atoms with van der Waals surface area (Å²) in [5.74, 6) is -1.22. The van der Waals surface area contributed by atoms with Crippen LogP contribution in [0.5, 0.6) is 0 Å². The third-order valence-corrected chi connectivity index (χ3v) is 5.24. The van der Waals surface area contributed by atoms with E-state index in [-0.39, 0.29) is 18.3 Å². The Morgan fingerprint density at radius 3 is 2.47 bits per heavy atom. The van der Waals surface area contributed by atoms with Gasteiger partial charge in [0.2, 0.25) is 0 Å². The van der Waals surface area contributed by atoms with Crippen molar-refractivity contribution in [2.45, 2.75) is 27.3 Å². The van der Waals surface area contributed by atoms with Gasteiger partial charge in [-0.3, -0.25) is 4.79 Å². The summed E-state index contributed by atoms with van der Waals surface area (Å²) in [6.45, 7) is 5.78. The Bertz CT molecular complexity index is 1150. The molecule has 1 heterocycles. The Balaban J connectivity index is 1.59. The molecule has 0 aliphatic heterocycles. The molecule has 1 amide bonds. The normalized spacial score (nSPS) is 11.0. The summed E-state index contributed by atoms with van der Waals surface area (Å²) in [7, 11) is 1.68. The molecule has 0 atom stereocenters. The van der Waals surface area contributed by atoms with Gasteiger partial charge in [0.05, 0.1) is 11.4 Å². The van der Waals surface area contributed by atoms with Crippen molar-refractivity contribution in [1.29, 1.82) is 0 Å². The molecular weight excluding hydrogens is 409 g/mol. The van der Waals surface area contributed by atoms with Crippen LogP contribution in [0, 0.1) is 26.6 Å². The quantitative estimate of drug-likeness (QED) is 0.413. The lowest BCUT2D eigenvalue weighted by molar-refractivity contribution is -0.147. The molecule has 6 nitrogen and oxygen atoms in total. The number of benzene rings is 2. The monoisotopic (exact) mass is 435 g/mol. The molecule has 0 N–H and O–H groups in total. The van der Waals surface area contributed by atoms with Crippen LogP contribution in [-0.2, 0) is 20.9 Å². The van der Waals surface area contributed by atoms with Crippen molar-refractivity contribution in [3.8, 4) is 5.69 Å². The number of ether oxygens (including phenoxy) is 1. The number of carbonyl (C=O) groups is 2. The van der Waals surface area contributed by atoms with Gasteiger partial charge in [0.1, 0.15) is 5.82 Å². The van der Waals surface area contributed by atoms with E-state index in [0.717, 1.165) is 28.1 Å². The van der Waals surface area contributed by atoms with Gasteiger partial charge in [-0.25, -0.2) is 13.9 Å². The van der Waals surface area contributed by atoms with Gasteiger partial charge in [0.25, 0.3) is 5.91 Å². The standard InChI is InChI=1S/C25H26FN3O3/c1-17-7-5-6-8-20(17)15-28(4)24(30)16-32-25(31)14-13-23-18(2)27-29(19(23)3)22-11-9-21(26)10-12-22/h5-14H,15-16H2,1-4H3/b14-13+. The Labute approximate surface area is 186 Å². The van der Waals surface area contributed by atoms with E-state index in [0.29, 0.717) is 12.2 Å². The van der Waals surface area contributed by atoms with Gasteiger partial charge in [0, 0.05) is 30.9 Å². The maximum absolute atomic E-state index is 13.2.